The van der Waals surface area contributed by atoms with Crippen molar-refractivity contribution in [3.8, 4) is 34.3 Å². The Bertz CT molecular complexity index is 781. The monoisotopic (exact) mass is 296 g/mol. The molecule has 0 bridgehead atoms. The number of H-pyrrole nitrogens is 1. The molecule has 0 saturated heterocycles. The lowest BCUT2D eigenvalue weighted by Crippen LogP contribution is -1.93. The van der Waals surface area contributed by atoms with E-state index in [0.717, 1.165) is 16.9 Å². The summed E-state index contributed by atoms with van der Waals surface area (Å²) in [6, 6.07) is 13.1. The fourth-order valence-electron chi connectivity index (χ4n) is 2.14. The predicted molar refractivity (Wildman–Crippen MR) is 84.8 cm³/mol. The van der Waals surface area contributed by atoms with Gasteiger partial charge in [-0.1, -0.05) is 0 Å². The molecule has 0 saturated carbocycles. The summed E-state index contributed by atoms with van der Waals surface area (Å²) in [5.74, 6) is 2.70. The number of hydrogen-bond donors (Lipinski definition) is 2. The molecular weight excluding hydrogens is 280 g/mol. The first-order valence-corrected chi connectivity index (χ1v) is 6.72. The van der Waals surface area contributed by atoms with Crippen LogP contribution >= 0.6 is 0 Å². The number of rotatable bonds is 4. The fourth-order valence-corrected chi connectivity index (χ4v) is 2.14. The lowest BCUT2D eigenvalue weighted by atomic mass is 10.1. The summed E-state index contributed by atoms with van der Waals surface area (Å²) in [5.41, 5.74) is 8.23. The lowest BCUT2D eigenvalue weighted by Gasteiger charge is -2.04. The third-order valence-corrected chi connectivity index (χ3v) is 3.34. The Hall–Kier alpha value is -3.02. The fraction of sp³-hybridized carbons (Fsp3) is 0.125. The average molecular weight is 296 g/mol. The molecule has 6 heteroatoms. The van der Waals surface area contributed by atoms with Crippen molar-refractivity contribution < 1.29 is 9.47 Å². The molecule has 0 amide bonds. The molecule has 6 nitrogen and oxygen atoms in total. The summed E-state index contributed by atoms with van der Waals surface area (Å²) in [5, 5.41) is 7.17. The van der Waals surface area contributed by atoms with Gasteiger partial charge in [-0.2, -0.15) is 5.10 Å². The maximum absolute atomic E-state index is 5.91. The van der Waals surface area contributed by atoms with E-state index < -0.39 is 0 Å². The van der Waals surface area contributed by atoms with E-state index in [0.29, 0.717) is 23.1 Å². The molecule has 3 rings (SSSR count). The second-order valence-corrected chi connectivity index (χ2v) is 4.69. The van der Waals surface area contributed by atoms with Crippen LogP contribution in [-0.2, 0) is 0 Å². The number of aromatic nitrogens is 3. The molecule has 1 heterocycles. The Balaban J connectivity index is 1.91. The first-order valence-electron chi connectivity index (χ1n) is 6.72. The minimum absolute atomic E-state index is 0.552. The van der Waals surface area contributed by atoms with Crippen molar-refractivity contribution in [2.45, 2.75) is 0 Å². The van der Waals surface area contributed by atoms with Crippen molar-refractivity contribution >= 4 is 5.69 Å². The topological polar surface area (TPSA) is 86.1 Å². The quantitative estimate of drug-likeness (QED) is 0.723. The van der Waals surface area contributed by atoms with Crippen molar-refractivity contribution in [1.29, 1.82) is 0 Å². The largest absolute Gasteiger partial charge is 0.497 e. The normalized spacial score (nSPS) is 10.5. The molecule has 2 aromatic carbocycles. The number of aromatic amines is 1. The Kier molecular flexibility index (Phi) is 3.65. The van der Waals surface area contributed by atoms with Crippen LogP contribution in [0, 0.1) is 0 Å². The Morgan fingerprint density at radius 3 is 2.32 bits per heavy atom. The zero-order valence-electron chi connectivity index (χ0n) is 12.3. The Morgan fingerprint density at radius 1 is 0.955 bits per heavy atom. The van der Waals surface area contributed by atoms with Crippen LogP contribution in [0.5, 0.6) is 11.5 Å². The van der Waals surface area contributed by atoms with E-state index in [1.165, 1.54) is 0 Å². The molecule has 0 radical (unpaired) electrons. The average Bonchev–Trinajstić information content (AvgIpc) is 3.05. The summed E-state index contributed by atoms with van der Waals surface area (Å²) < 4.78 is 10.3. The van der Waals surface area contributed by atoms with Gasteiger partial charge in [-0.25, -0.2) is 4.98 Å². The highest BCUT2D eigenvalue weighted by atomic mass is 16.5. The molecule has 0 unspecified atom stereocenters. The summed E-state index contributed by atoms with van der Waals surface area (Å²) in [6.07, 6.45) is 0. The highest BCUT2D eigenvalue weighted by Crippen LogP contribution is 2.27. The van der Waals surface area contributed by atoms with Crippen LogP contribution < -0.4 is 15.2 Å². The molecular formula is C16H16N4O2. The molecule has 22 heavy (non-hydrogen) atoms. The Morgan fingerprint density at radius 2 is 1.68 bits per heavy atom. The van der Waals surface area contributed by atoms with Crippen molar-refractivity contribution in [2.24, 2.45) is 0 Å². The van der Waals surface area contributed by atoms with Crippen LogP contribution in [0.3, 0.4) is 0 Å². The lowest BCUT2D eigenvalue weighted by molar-refractivity contribution is 0.415. The van der Waals surface area contributed by atoms with Gasteiger partial charge in [0, 0.05) is 11.1 Å². The molecule has 0 atom stereocenters. The van der Waals surface area contributed by atoms with Crippen LogP contribution in [0.25, 0.3) is 22.8 Å². The first kappa shape index (κ1) is 13.9. The van der Waals surface area contributed by atoms with Gasteiger partial charge in [-0.15, -0.1) is 0 Å². The van der Waals surface area contributed by atoms with Crippen LogP contribution in [0.2, 0.25) is 0 Å². The molecule has 112 valence electrons. The zero-order valence-corrected chi connectivity index (χ0v) is 12.3. The van der Waals surface area contributed by atoms with Gasteiger partial charge in [0.25, 0.3) is 0 Å². The number of ether oxygens (including phenoxy) is 2. The molecule has 0 fully saturated rings. The number of benzene rings is 2. The summed E-state index contributed by atoms with van der Waals surface area (Å²) in [4.78, 5) is 4.50. The van der Waals surface area contributed by atoms with E-state index >= 15 is 0 Å². The molecule has 0 aliphatic heterocycles. The second kappa shape index (κ2) is 5.77. The van der Waals surface area contributed by atoms with Crippen LogP contribution in [0.15, 0.2) is 42.5 Å². The summed E-state index contributed by atoms with van der Waals surface area (Å²) in [6.45, 7) is 0. The standard InChI is InChI=1S/C16H16N4O2/c1-21-12-6-3-10(4-7-12)15-18-16(20-19-15)11-5-8-14(22-2)13(17)9-11/h3-9H,17H2,1-2H3,(H,18,19,20). The van der Waals surface area contributed by atoms with E-state index in [1.54, 1.807) is 26.4 Å². The van der Waals surface area contributed by atoms with E-state index in [2.05, 4.69) is 15.2 Å². The number of nitrogens with two attached hydrogens (primary N) is 1. The van der Waals surface area contributed by atoms with E-state index in [-0.39, 0.29) is 0 Å². The van der Waals surface area contributed by atoms with Crippen LogP contribution in [-0.4, -0.2) is 29.4 Å². The maximum atomic E-state index is 5.91. The van der Waals surface area contributed by atoms with Gasteiger partial charge in [0.15, 0.2) is 11.6 Å². The highest BCUT2D eigenvalue weighted by molar-refractivity contribution is 5.68. The van der Waals surface area contributed by atoms with Crippen molar-refractivity contribution in [1.82, 2.24) is 15.2 Å². The number of anilines is 1. The van der Waals surface area contributed by atoms with Gasteiger partial charge in [-0.3, -0.25) is 5.10 Å². The smallest absolute Gasteiger partial charge is 0.181 e. The van der Waals surface area contributed by atoms with Crippen LogP contribution in [0.1, 0.15) is 0 Å². The van der Waals surface area contributed by atoms with E-state index in [1.807, 2.05) is 30.3 Å². The molecule has 3 N–H and O–H groups in total. The number of hydrogen-bond acceptors (Lipinski definition) is 5. The molecule has 3 aromatic rings. The summed E-state index contributed by atoms with van der Waals surface area (Å²) in [7, 11) is 3.22. The number of nitrogens with zero attached hydrogens (tertiary/aromatic N) is 2. The first-order chi connectivity index (χ1) is 10.7. The molecule has 0 spiro atoms. The van der Waals surface area contributed by atoms with Crippen LogP contribution in [0.4, 0.5) is 5.69 Å². The minimum atomic E-state index is 0.552. The maximum Gasteiger partial charge on any atom is 0.181 e. The van der Waals surface area contributed by atoms with E-state index in [4.69, 9.17) is 15.2 Å². The molecule has 1 aromatic heterocycles. The number of nitrogen functional groups attached to an aromatic ring is 1. The number of nitrogens with one attached hydrogen (secondary N) is 1. The Labute approximate surface area is 127 Å². The predicted octanol–water partition coefficient (Wildman–Crippen LogP) is 2.74. The third kappa shape index (κ3) is 2.58. The minimum Gasteiger partial charge on any atom is -0.497 e. The van der Waals surface area contributed by atoms with Crippen molar-refractivity contribution in [3.05, 3.63) is 42.5 Å². The summed E-state index contributed by atoms with van der Waals surface area (Å²) >= 11 is 0. The van der Waals surface area contributed by atoms with Gasteiger partial charge in [0.05, 0.1) is 19.9 Å². The van der Waals surface area contributed by atoms with Crippen molar-refractivity contribution in [3.63, 3.8) is 0 Å². The van der Waals surface area contributed by atoms with Crippen molar-refractivity contribution in [2.75, 3.05) is 20.0 Å². The van der Waals surface area contributed by atoms with Gasteiger partial charge >= 0.3 is 0 Å². The van der Waals surface area contributed by atoms with E-state index in [9.17, 15) is 0 Å². The van der Waals surface area contributed by atoms with Gasteiger partial charge in [0.1, 0.15) is 11.5 Å². The third-order valence-electron chi connectivity index (χ3n) is 3.34. The highest BCUT2D eigenvalue weighted by Gasteiger charge is 2.10. The molecule has 0 aliphatic carbocycles. The van der Waals surface area contributed by atoms with Gasteiger partial charge in [-0.05, 0) is 42.5 Å². The molecule has 0 aliphatic rings. The van der Waals surface area contributed by atoms with Gasteiger partial charge < -0.3 is 15.2 Å². The zero-order chi connectivity index (χ0) is 15.5. The van der Waals surface area contributed by atoms with Gasteiger partial charge in [0.2, 0.25) is 0 Å². The number of methoxy groups -OCH3 is 2. The SMILES string of the molecule is COc1ccc(-c2nc(-c3ccc(OC)c(N)c3)n[nH]2)cc1. The second-order valence-electron chi connectivity index (χ2n) is 4.69.